The van der Waals surface area contributed by atoms with E-state index in [0.29, 0.717) is 6.54 Å². The molecule has 1 unspecified atom stereocenters. The minimum Gasteiger partial charge on any atom is -0.480 e. The summed E-state index contributed by atoms with van der Waals surface area (Å²) in [5.41, 5.74) is 2.74. The van der Waals surface area contributed by atoms with E-state index >= 15 is 0 Å². The molecule has 1 aromatic carbocycles. The number of carbonyl (C=O) groups is 1. The fourth-order valence-corrected chi connectivity index (χ4v) is 3.24. The average Bonchev–Trinajstić information content (AvgIpc) is 2.93. The summed E-state index contributed by atoms with van der Waals surface area (Å²) in [7, 11) is 0. The van der Waals surface area contributed by atoms with E-state index in [4.69, 9.17) is 0 Å². The number of aromatic nitrogens is 1. The molecule has 2 N–H and O–H groups in total. The van der Waals surface area contributed by atoms with Crippen LogP contribution in [0.4, 0.5) is 0 Å². The number of aromatic amines is 1. The second-order valence-electron chi connectivity index (χ2n) is 5.88. The summed E-state index contributed by atoms with van der Waals surface area (Å²) < 4.78 is 0. The highest BCUT2D eigenvalue weighted by molar-refractivity contribution is 5.84. The van der Waals surface area contributed by atoms with Gasteiger partial charge in [-0.25, -0.2) is 0 Å². The molecule has 1 atom stereocenters. The van der Waals surface area contributed by atoms with Crippen LogP contribution in [0.25, 0.3) is 10.9 Å². The van der Waals surface area contributed by atoms with E-state index in [1.54, 1.807) is 0 Å². The molecule has 1 aliphatic rings. The van der Waals surface area contributed by atoms with Crippen molar-refractivity contribution in [3.63, 3.8) is 0 Å². The molecule has 0 spiro atoms. The molecular formula is C16H20N2O2. The number of benzene rings is 1. The molecule has 2 aromatic rings. The molecular weight excluding hydrogens is 252 g/mol. The lowest BCUT2D eigenvalue weighted by Gasteiger charge is -2.31. The Morgan fingerprint density at radius 3 is 2.95 bits per heavy atom. The van der Waals surface area contributed by atoms with Crippen molar-refractivity contribution in [2.45, 2.75) is 38.8 Å². The molecule has 0 aliphatic carbocycles. The number of aryl methyl sites for hydroxylation is 1. The summed E-state index contributed by atoms with van der Waals surface area (Å²) in [5.74, 6) is -0.715. The monoisotopic (exact) mass is 272 g/mol. The number of nitrogens with zero attached hydrogens (tertiary/aromatic N) is 1. The van der Waals surface area contributed by atoms with Crippen molar-refractivity contribution in [3.8, 4) is 0 Å². The number of carboxylic acids is 1. The molecule has 3 rings (SSSR count). The van der Waals surface area contributed by atoms with Crippen LogP contribution in [0.15, 0.2) is 24.3 Å². The van der Waals surface area contributed by atoms with Gasteiger partial charge in [-0.1, -0.05) is 18.2 Å². The van der Waals surface area contributed by atoms with Gasteiger partial charge in [0.25, 0.3) is 0 Å². The molecule has 106 valence electrons. The van der Waals surface area contributed by atoms with Gasteiger partial charge < -0.3 is 10.1 Å². The van der Waals surface area contributed by atoms with E-state index < -0.39 is 11.5 Å². The van der Waals surface area contributed by atoms with Crippen LogP contribution in [0.2, 0.25) is 0 Å². The van der Waals surface area contributed by atoms with Crippen LogP contribution < -0.4 is 0 Å². The Kier molecular flexibility index (Phi) is 3.05. The number of hydrogen-bond donors (Lipinski definition) is 2. The van der Waals surface area contributed by atoms with Crippen LogP contribution >= 0.6 is 0 Å². The highest BCUT2D eigenvalue weighted by atomic mass is 16.4. The number of carboxylic acid groups (broad SMARTS) is 1. The first kappa shape index (κ1) is 13.2. The second kappa shape index (κ2) is 4.63. The van der Waals surface area contributed by atoms with Crippen molar-refractivity contribution in [1.29, 1.82) is 0 Å². The first-order chi connectivity index (χ1) is 9.52. The molecule has 0 radical (unpaired) electrons. The lowest BCUT2D eigenvalue weighted by atomic mass is 9.98. The highest BCUT2D eigenvalue weighted by Gasteiger charge is 2.43. The Hall–Kier alpha value is -1.81. The fraction of sp³-hybridized carbons (Fsp3) is 0.438. The highest BCUT2D eigenvalue weighted by Crippen LogP contribution is 2.33. The summed E-state index contributed by atoms with van der Waals surface area (Å²) >= 11 is 0. The zero-order chi connectivity index (χ0) is 14.3. The minimum atomic E-state index is -0.731. The molecule has 2 heterocycles. The number of nitrogens with one attached hydrogen (secondary N) is 1. The van der Waals surface area contributed by atoms with E-state index in [0.717, 1.165) is 30.6 Å². The van der Waals surface area contributed by atoms with Crippen molar-refractivity contribution < 1.29 is 9.90 Å². The molecule has 1 aliphatic heterocycles. The molecule has 1 aromatic heterocycles. The number of rotatable bonds is 3. The van der Waals surface area contributed by atoms with E-state index in [2.05, 4.69) is 28.9 Å². The third-order valence-corrected chi connectivity index (χ3v) is 4.63. The summed E-state index contributed by atoms with van der Waals surface area (Å²) in [5, 5.41) is 10.7. The molecule has 0 bridgehead atoms. The summed E-state index contributed by atoms with van der Waals surface area (Å²) in [6.45, 7) is 5.44. The van der Waals surface area contributed by atoms with Gasteiger partial charge in [-0.15, -0.1) is 0 Å². The Bertz CT molecular complexity index is 662. The van der Waals surface area contributed by atoms with E-state index in [1.165, 1.54) is 10.9 Å². The van der Waals surface area contributed by atoms with Crippen molar-refractivity contribution in [2.24, 2.45) is 0 Å². The average molecular weight is 272 g/mol. The van der Waals surface area contributed by atoms with Gasteiger partial charge in [-0.05, 0) is 44.9 Å². The summed E-state index contributed by atoms with van der Waals surface area (Å²) in [6, 6.07) is 8.20. The fourth-order valence-electron chi connectivity index (χ4n) is 3.24. The largest absolute Gasteiger partial charge is 0.480 e. The maximum atomic E-state index is 11.6. The summed E-state index contributed by atoms with van der Waals surface area (Å²) in [6.07, 6.45) is 1.67. The zero-order valence-electron chi connectivity index (χ0n) is 11.9. The van der Waals surface area contributed by atoms with Crippen LogP contribution in [0, 0.1) is 6.92 Å². The van der Waals surface area contributed by atoms with Crippen LogP contribution in [0.3, 0.4) is 0 Å². The standard InChI is InChI=1S/C16H20N2O2/c1-11-13(12-6-3-4-7-14(12)17-11)10-18-9-5-8-16(18,2)15(19)20/h3-4,6-7,17H,5,8-10H2,1-2H3,(H,19,20). The predicted molar refractivity (Wildman–Crippen MR) is 78.7 cm³/mol. The Labute approximate surface area is 118 Å². The molecule has 1 saturated heterocycles. The van der Waals surface area contributed by atoms with Crippen molar-refractivity contribution in [1.82, 2.24) is 9.88 Å². The van der Waals surface area contributed by atoms with Gasteiger partial charge in [-0.3, -0.25) is 9.69 Å². The van der Waals surface area contributed by atoms with Crippen LogP contribution in [-0.2, 0) is 11.3 Å². The quantitative estimate of drug-likeness (QED) is 0.903. The van der Waals surface area contributed by atoms with Gasteiger partial charge >= 0.3 is 5.97 Å². The Morgan fingerprint density at radius 2 is 2.20 bits per heavy atom. The van der Waals surface area contributed by atoms with Gasteiger partial charge in [0.15, 0.2) is 0 Å². The minimum absolute atomic E-state index is 0.693. The van der Waals surface area contributed by atoms with Gasteiger partial charge in [0, 0.05) is 23.1 Å². The molecule has 0 amide bonds. The normalized spacial score (nSPS) is 23.5. The lowest BCUT2D eigenvalue weighted by Crippen LogP contribution is -2.47. The topological polar surface area (TPSA) is 56.3 Å². The van der Waals surface area contributed by atoms with Gasteiger partial charge in [-0.2, -0.15) is 0 Å². The molecule has 4 nitrogen and oxygen atoms in total. The van der Waals surface area contributed by atoms with E-state index in [-0.39, 0.29) is 0 Å². The van der Waals surface area contributed by atoms with Gasteiger partial charge in [0.1, 0.15) is 5.54 Å². The Balaban J connectivity index is 1.97. The maximum Gasteiger partial charge on any atom is 0.323 e. The number of fused-ring (bicyclic) bond motifs is 1. The number of H-pyrrole nitrogens is 1. The zero-order valence-corrected chi connectivity index (χ0v) is 11.9. The number of hydrogen-bond acceptors (Lipinski definition) is 2. The third kappa shape index (κ3) is 1.91. The first-order valence-corrected chi connectivity index (χ1v) is 7.07. The lowest BCUT2D eigenvalue weighted by molar-refractivity contribution is -0.148. The van der Waals surface area contributed by atoms with Crippen LogP contribution in [-0.4, -0.2) is 33.0 Å². The van der Waals surface area contributed by atoms with Crippen molar-refractivity contribution in [3.05, 3.63) is 35.5 Å². The predicted octanol–water partition coefficient (Wildman–Crippen LogP) is 2.92. The maximum absolute atomic E-state index is 11.6. The molecule has 20 heavy (non-hydrogen) atoms. The second-order valence-corrected chi connectivity index (χ2v) is 5.88. The number of likely N-dealkylation sites (tertiary alicyclic amines) is 1. The molecule has 1 fully saturated rings. The van der Waals surface area contributed by atoms with Crippen LogP contribution in [0.1, 0.15) is 31.0 Å². The number of aliphatic carboxylic acids is 1. The summed E-state index contributed by atoms with van der Waals surface area (Å²) in [4.78, 5) is 17.0. The van der Waals surface area contributed by atoms with Gasteiger partial charge in [0.2, 0.25) is 0 Å². The smallest absolute Gasteiger partial charge is 0.323 e. The Morgan fingerprint density at radius 1 is 1.45 bits per heavy atom. The van der Waals surface area contributed by atoms with Crippen molar-refractivity contribution >= 4 is 16.9 Å². The molecule has 0 saturated carbocycles. The molecule has 4 heteroatoms. The first-order valence-electron chi connectivity index (χ1n) is 7.07. The SMILES string of the molecule is Cc1[nH]c2ccccc2c1CN1CCCC1(C)C(=O)O. The van der Waals surface area contributed by atoms with Crippen LogP contribution in [0.5, 0.6) is 0 Å². The van der Waals surface area contributed by atoms with E-state index in [9.17, 15) is 9.90 Å². The number of para-hydroxylation sites is 1. The van der Waals surface area contributed by atoms with Crippen molar-refractivity contribution in [2.75, 3.05) is 6.54 Å². The van der Waals surface area contributed by atoms with E-state index in [1.807, 2.05) is 19.1 Å². The third-order valence-electron chi connectivity index (χ3n) is 4.63. The van der Waals surface area contributed by atoms with Gasteiger partial charge in [0.05, 0.1) is 0 Å².